The normalized spacial score (nSPS) is 31.6. The van der Waals surface area contributed by atoms with Gasteiger partial charge in [-0.05, 0) is 24.7 Å². The van der Waals surface area contributed by atoms with Crippen molar-refractivity contribution in [3.8, 4) is 0 Å². The molecular formula is C11H21ClO. The van der Waals surface area contributed by atoms with Crippen LogP contribution in [0.4, 0.5) is 0 Å². The lowest BCUT2D eigenvalue weighted by molar-refractivity contribution is 0.00270. The highest BCUT2D eigenvalue weighted by Gasteiger charge is 2.19. The zero-order valence-electron chi connectivity index (χ0n) is 8.76. The van der Waals surface area contributed by atoms with Crippen LogP contribution in [0.3, 0.4) is 0 Å². The molecule has 2 heteroatoms. The molecule has 1 aliphatic rings. The van der Waals surface area contributed by atoms with Crippen molar-refractivity contribution in [2.45, 2.75) is 45.6 Å². The van der Waals surface area contributed by atoms with Crippen LogP contribution in [-0.2, 0) is 4.74 Å². The molecule has 0 spiro atoms. The zero-order chi connectivity index (χ0) is 9.68. The molecule has 0 aliphatic heterocycles. The zero-order valence-corrected chi connectivity index (χ0v) is 9.52. The number of alkyl halides is 1. The Hall–Kier alpha value is 0.250. The van der Waals surface area contributed by atoms with Gasteiger partial charge in [0, 0.05) is 5.88 Å². The van der Waals surface area contributed by atoms with Crippen molar-refractivity contribution in [1.82, 2.24) is 0 Å². The molecule has 0 heterocycles. The van der Waals surface area contributed by atoms with E-state index >= 15 is 0 Å². The Morgan fingerprint density at radius 2 is 2.23 bits per heavy atom. The minimum atomic E-state index is 0.499. The van der Waals surface area contributed by atoms with Crippen LogP contribution >= 0.6 is 11.6 Å². The second-order valence-corrected chi connectivity index (χ2v) is 4.80. The van der Waals surface area contributed by atoms with Gasteiger partial charge in [0.15, 0.2) is 0 Å². The predicted molar refractivity (Wildman–Crippen MR) is 57.3 cm³/mol. The third kappa shape index (κ3) is 4.33. The van der Waals surface area contributed by atoms with E-state index in [9.17, 15) is 0 Å². The van der Waals surface area contributed by atoms with E-state index in [1.54, 1.807) is 0 Å². The lowest BCUT2D eigenvalue weighted by Crippen LogP contribution is -2.23. The molecule has 0 saturated heterocycles. The molecular weight excluding hydrogens is 184 g/mol. The Morgan fingerprint density at radius 3 is 2.85 bits per heavy atom. The van der Waals surface area contributed by atoms with Gasteiger partial charge in [-0.2, -0.15) is 0 Å². The Balaban J connectivity index is 2.13. The van der Waals surface area contributed by atoms with Crippen molar-refractivity contribution < 1.29 is 4.74 Å². The van der Waals surface area contributed by atoms with Crippen LogP contribution in [0, 0.1) is 11.8 Å². The summed E-state index contributed by atoms with van der Waals surface area (Å²) in [6.45, 7) is 5.29. The summed E-state index contributed by atoms with van der Waals surface area (Å²) in [7, 11) is 0. The van der Waals surface area contributed by atoms with Gasteiger partial charge in [-0.25, -0.2) is 0 Å². The number of hydrogen-bond acceptors (Lipinski definition) is 1. The minimum Gasteiger partial charge on any atom is -0.378 e. The Bertz CT molecular complexity index is 138. The molecule has 0 aromatic heterocycles. The fraction of sp³-hybridized carbons (Fsp3) is 1.00. The molecule has 1 aliphatic carbocycles. The van der Waals surface area contributed by atoms with E-state index in [1.807, 2.05) is 0 Å². The maximum absolute atomic E-state index is 5.82. The first-order valence-electron chi connectivity index (χ1n) is 5.40. The van der Waals surface area contributed by atoms with Crippen molar-refractivity contribution in [2.24, 2.45) is 11.8 Å². The van der Waals surface area contributed by atoms with E-state index in [4.69, 9.17) is 16.3 Å². The van der Waals surface area contributed by atoms with Gasteiger partial charge in [0.2, 0.25) is 0 Å². The van der Waals surface area contributed by atoms with Gasteiger partial charge in [-0.3, -0.25) is 0 Å². The van der Waals surface area contributed by atoms with Crippen molar-refractivity contribution in [1.29, 1.82) is 0 Å². The van der Waals surface area contributed by atoms with Gasteiger partial charge < -0.3 is 4.74 Å². The third-order valence-electron chi connectivity index (χ3n) is 2.77. The summed E-state index contributed by atoms with van der Waals surface area (Å²) in [4.78, 5) is 0. The predicted octanol–water partition coefficient (Wildman–Crippen LogP) is 3.46. The smallest absolute Gasteiger partial charge is 0.0577 e. The van der Waals surface area contributed by atoms with Gasteiger partial charge in [0.1, 0.15) is 0 Å². The summed E-state index contributed by atoms with van der Waals surface area (Å²) in [6.07, 6.45) is 5.72. The molecule has 0 aromatic carbocycles. The fourth-order valence-electron chi connectivity index (χ4n) is 1.87. The topological polar surface area (TPSA) is 9.23 Å². The monoisotopic (exact) mass is 204 g/mol. The maximum Gasteiger partial charge on any atom is 0.0577 e. The summed E-state index contributed by atoms with van der Waals surface area (Å²) < 4.78 is 5.82. The highest BCUT2D eigenvalue weighted by Crippen LogP contribution is 2.25. The molecule has 0 bridgehead atoms. The second kappa shape index (κ2) is 5.87. The Morgan fingerprint density at radius 1 is 1.46 bits per heavy atom. The summed E-state index contributed by atoms with van der Waals surface area (Å²) in [5.41, 5.74) is 0. The number of hydrogen-bond donors (Lipinski definition) is 0. The molecule has 0 amide bonds. The molecule has 0 aromatic rings. The minimum absolute atomic E-state index is 0.499. The van der Waals surface area contributed by atoms with Crippen LogP contribution in [0.25, 0.3) is 0 Å². The first kappa shape index (κ1) is 11.3. The van der Waals surface area contributed by atoms with E-state index < -0.39 is 0 Å². The van der Waals surface area contributed by atoms with Crippen LogP contribution in [0.5, 0.6) is 0 Å². The summed E-state index contributed by atoms with van der Waals surface area (Å²) in [6, 6.07) is 0. The van der Waals surface area contributed by atoms with Crippen molar-refractivity contribution in [3.05, 3.63) is 0 Å². The maximum atomic E-state index is 5.82. The number of ether oxygens (including phenoxy) is 1. The highest BCUT2D eigenvalue weighted by atomic mass is 35.5. The van der Waals surface area contributed by atoms with Crippen LogP contribution in [-0.4, -0.2) is 18.6 Å². The molecule has 1 nitrogen and oxygen atoms in total. The molecule has 3 unspecified atom stereocenters. The number of halogens is 1. The van der Waals surface area contributed by atoms with Crippen molar-refractivity contribution >= 4 is 11.6 Å². The van der Waals surface area contributed by atoms with Crippen LogP contribution < -0.4 is 0 Å². The lowest BCUT2D eigenvalue weighted by Gasteiger charge is -2.27. The van der Waals surface area contributed by atoms with E-state index in [1.165, 1.54) is 25.7 Å². The van der Waals surface area contributed by atoms with Gasteiger partial charge in [0.25, 0.3) is 0 Å². The fourth-order valence-corrected chi connectivity index (χ4v) is 1.96. The van der Waals surface area contributed by atoms with E-state index in [2.05, 4.69) is 13.8 Å². The third-order valence-corrected chi connectivity index (χ3v) is 3.29. The molecule has 0 N–H and O–H groups in total. The SMILES string of the molecule is CC(CCl)COC1CCCC(C)C1. The second-order valence-electron chi connectivity index (χ2n) is 4.49. The molecule has 1 rings (SSSR count). The van der Waals surface area contributed by atoms with Gasteiger partial charge in [-0.1, -0.05) is 26.7 Å². The average Bonchev–Trinajstić information content (AvgIpc) is 2.14. The number of rotatable bonds is 4. The van der Waals surface area contributed by atoms with E-state index in [-0.39, 0.29) is 0 Å². The summed E-state index contributed by atoms with van der Waals surface area (Å²) in [5, 5.41) is 0. The van der Waals surface area contributed by atoms with Gasteiger partial charge in [0.05, 0.1) is 12.7 Å². The van der Waals surface area contributed by atoms with Gasteiger partial charge in [-0.15, -0.1) is 11.6 Å². The van der Waals surface area contributed by atoms with E-state index in [0.29, 0.717) is 17.9 Å². The highest BCUT2D eigenvalue weighted by molar-refractivity contribution is 6.18. The Labute approximate surface area is 86.8 Å². The van der Waals surface area contributed by atoms with Crippen molar-refractivity contribution in [2.75, 3.05) is 12.5 Å². The van der Waals surface area contributed by atoms with E-state index in [0.717, 1.165) is 12.5 Å². The largest absolute Gasteiger partial charge is 0.378 e. The standard InChI is InChI=1S/C11H21ClO/c1-9-4-3-5-11(6-9)13-8-10(2)7-12/h9-11H,3-8H2,1-2H3. The molecule has 1 saturated carbocycles. The first-order valence-corrected chi connectivity index (χ1v) is 5.93. The molecule has 0 radical (unpaired) electrons. The summed E-state index contributed by atoms with van der Waals surface area (Å²) >= 11 is 5.72. The first-order chi connectivity index (χ1) is 6.22. The average molecular weight is 205 g/mol. The Kier molecular flexibility index (Phi) is 5.12. The molecule has 78 valence electrons. The molecule has 13 heavy (non-hydrogen) atoms. The van der Waals surface area contributed by atoms with Crippen LogP contribution in [0.1, 0.15) is 39.5 Å². The van der Waals surface area contributed by atoms with Crippen LogP contribution in [0.15, 0.2) is 0 Å². The summed E-state index contributed by atoms with van der Waals surface area (Å²) in [5.74, 6) is 2.06. The molecule has 3 atom stereocenters. The quantitative estimate of drug-likeness (QED) is 0.638. The lowest BCUT2D eigenvalue weighted by atomic mass is 9.89. The van der Waals surface area contributed by atoms with Gasteiger partial charge >= 0.3 is 0 Å². The van der Waals surface area contributed by atoms with Crippen LogP contribution in [0.2, 0.25) is 0 Å². The van der Waals surface area contributed by atoms with Crippen molar-refractivity contribution in [3.63, 3.8) is 0 Å². The molecule has 1 fully saturated rings.